The molecule has 3 aromatic rings. The van der Waals surface area contributed by atoms with E-state index in [1.807, 2.05) is 32.0 Å². The SMILES string of the molecule is Cc1ccc(C)c(-n2nnnc2SCC(=O)OCC(=O)N[C@H](C)c2ccco2)c1. The molecule has 0 aliphatic heterocycles. The van der Waals surface area contributed by atoms with Crippen LogP contribution in [0.15, 0.2) is 46.2 Å². The lowest BCUT2D eigenvalue weighted by Crippen LogP contribution is -2.31. The van der Waals surface area contributed by atoms with Crippen LogP contribution in [-0.4, -0.2) is 44.4 Å². The molecule has 0 saturated carbocycles. The summed E-state index contributed by atoms with van der Waals surface area (Å²) in [5.41, 5.74) is 2.93. The lowest BCUT2D eigenvalue weighted by molar-refractivity contribution is -0.146. The number of benzene rings is 1. The molecule has 2 heterocycles. The van der Waals surface area contributed by atoms with Crippen LogP contribution >= 0.6 is 11.8 Å². The first kappa shape index (κ1) is 20.6. The first-order valence-electron chi connectivity index (χ1n) is 8.91. The van der Waals surface area contributed by atoms with Crippen LogP contribution < -0.4 is 5.32 Å². The molecule has 29 heavy (non-hydrogen) atoms. The number of thioether (sulfide) groups is 1. The van der Waals surface area contributed by atoms with Crippen molar-refractivity contribution in [2.45, 2.75) is 32.0 Å². The zero-order valence-electron chi connectivity index (χ0n) is 16.3. The molecular formula is C19H21N5O4S. The number of ether oxygens (including phenoxy) is 1. The van der Waals surface area contributed by atoms with Gasteiger partial charge < -0.3 is 14.5 Å². The minimum Gasteiger partial charge on any atom is -0.467 e. The first-order valence-corrected chi connectivity index (χ1v) is 9.90. The molecule has 2 aromatic heterocycles. The van der Waals surface area contributed by atoms with Gasteiger partial charge in [-0.2, -0.15) is 4.68 Å². The van der Waals surface area contributed by atoms with Crippen molar-refractivity contribution >= 4 is 23.6 Å². The van der Waals surface area contributed by atoms with Crippen LogP contribution in [0.4, 0.5) is 0 Å². The second-order valence-electron chi connectivity index (χ2n) is 6.42. The van der Waals surface area contributed by atoms with E-state index in [4.69, 9.17) is 9.15 Å². The highest BCUT2D eigenvalue weighted by Gasteiger charge is 2.16. The molecule has 152 valence electrons. The number of aryl methyl sites for hydroxylation is 2. The van der Waals surface area contributed by atoms with E-state index in [9.17, 15) is 9.59 Å². The highest BCUT2D eigenvalue weighted by Crippen LogP contribution is 2.21. The van der Waals surface area contributed by atoms with Crippen molar-refractivity contribution in [3.63, 3.8) is 0 Å². The molecule has 1 atom stereocenters. The van der Waals surface area contributed by atoms with E-state index in [0.717, 1.165) is 28.6 Å². The Bertz CT molecular complexity index is 986. The largest absolute Gasteiger partial charge is 0.467 e. The van der Waals surface area contributed by atoms with Gasteiger partial charge in [-0.15, -0.1) is 5.10 Å². The van der Waals surface area contributed by atoms with Gasteiger partial charge in [0.05, 0.1) is 23.7 Å². The number of tetrazole rings is 1. The fourth-order valence-electron chi connectivity index (χ4n) is 2.57. The topological polar surface area (TPSA) is 112 Å². The third-order valence-corrected chi connectivity index (χ3v) is 4.96. The van der Waals surface area contributed by atoms with Crippen LogP contribution in [0.2, 0.25) is 0 Å². The maximum absolute atomic E-state index is 12.0. The third-order valence-electron chi connectivity index (χ3n) is 4.06. The van der Waals surface area contributed by atoms with E-state index in [1.165, 1.54) is 6.26 Å². The van der Waals surface area contributed by atoms with E-state index in [2.05, 4.69) is 20.8 Å². The van der Waals surface area contributed by atoms with Gasteiger partial charge in [-0.3, -0.25) is 9.59 Å². The lowest BCUT2D eigenvalue weighted by Gasteiger charge is -2.11. The van der Waals surface area contributed by atoms with Crippen molar-refractivity contribution < 1.29 is 18.7 Å². The Labute approximate surface area is 171 Å². The summed E-state index contributed by atoms with van der Waals surface area (Å²) in [5, 5.41) is 14.8. The summed E-state index contributed by atoms with van der Waals surface area (Å²) in [6.07, 6.45) is 1.53. The molecule has 0 aliphatic rings. The van der Waals surface area contributed by atoms with Gasteiger partial charge in [0, 0.05) is 0 Å². The minimum atomic E-state index is -0.536. The number of carbonyl (C=O) groups is 2. The average Bonchev–Trinajstić information content (AvgIpc) is 3.38. The number of carbonyl (C=O) groups excluding carboxylic acids is 2. The minimum absolute atomic E-state index is 0.0216. The van der Waals surface area contributed by atoms with Crippen LogP contribution in [0.25, 0.3) is 5.69 Å². The smallest absolute Gasteiger partial charge is 0.316 e. The van der Waals surface area contributed by atoms with Crippen LogP contribution in [0.5, 0.6) is 0 Å². The molecule has 1 N–H and O–H groups in total. The van der Waals surface area contributed by atoms with Crippen LogP contribution in [0, 0.1) is 13.8 Å². The summed E-state index contributed by atoms with van der Waals surface area (Å²) >= 11 is 1.14. The van der Waals surface area contributed by atoms with Crippen LogP contribution in [-0.2, 0) is 14.3 Å². The van der Waals surface area contributed by atoms with Gasteiger partial charge in [0.15, 0.2) is 6.61 Å². The molecule has 1 amide bonds. The molecular weight excluding hydrogens is 394 g/mol. The molecule has 3 rings (SSSR count). The Morgan fingerprint density at radius 2 is 2.14 bits per heavy atom. The number of esters is 1. The molecule has 0 bridgehead atoms. The van der Waals surface area contributed by atoms with Gasteiger partial charge in [0.1, 0.15) is 5.76 Å². The van der Waals surface area contributed by atoms with Crippen molar-refractivity contribution in [3.8, 4) is 5.69 Å². The first-order chi connectivity index (χ1) is 13.9. The highest BCUT2D eigenvalue weighted by molar-refractivity contribution is 7.99. The van der Waals surface area contributed by atoms with Gasteiger partial charge in [-0.1, -0.05) is 23.9 Å². The summed E-state index contributed by atoms with van der Waals surface area (Å²) < 4.78 is 11.8. The van der Waals surface area contributed by atoms with E-state index >= 15 is 0 Å². The number of nitrogens with zero attached hydrogens (tertiary/aromatic N) is 4. The molecule has 0 unspecified atom stereocenters. The zero-order valence-corrected chi connectivity index (χ0v) is 17.1. The van der Waals surface area contributed by atoms with Crippen molar-refractivity contribution in [1.82, 2.24) is 25.5 Å². The monoisotopic (exact) mass is 415 g/mol. The fraction of sp³-hybridized carbons (Fsp3) is 0.316. The van der Waals surface area contributed by atoms with E-state index in [-0.39, 0.29) is 18.4 Å². The number of nitrogens with one attached hydrogen (secondary N) is 1. The molecule has 0 radical (unpaired) electrons. The number of furan rings is 1. The standard InChI is InChI=1S/C19H21N5O4S/c1-12-6-7-13(2)15(9-12)24-19(21-22-23-24)29-11-18(26)28-10-17(25)20-14(3)16-5-4-8-27-16/h4-9,14H,10-11H2,1-3H3,(H,20,25)/t14-/m1/s1. The van der Waals surface area contributed by atoms with Crippen molar-refractivity contribution in [1.29, 1.82) is 0 Å². The fourth-order valence-corrected chi connectivity index (χ4v) is 3.25. The summed E-state index contributed by atoms with van der Waals surface area (Å²) in [7, 11) is 0. The maximum Gasteiger partial charge on any atom is 0.316 e. The average molecular weight is 415 g/mol. The van der Waals surface area contributed by atoms with Crippen molar-refractivity contribution in [2.75, 3.05) is 12.4 Å². The Balaban J connectivity index is 1.50. The maximum atomic E-state index is 12.0. The van der Waals surface area contributed by atoms with Gasteiger partial charge >= 0.3 is 5.97 Å². The molecule has 1 aromatic carbocycles. The Hall–Kier alpha value is -3.14. The van der Waals surface area contributed by atoms with Gasteiger partial charge in [-0.25, -0.2) is 0 Å². The normalized spacial score (nSPS) is 11.8. The predicted octanol–water partition coefficient (Wildman–Crippen LogP) is 2.38. The summed E-state index contributed by atoms with van der Waals surface area (Å²) in [5.74, 6) is -0.344. The number of amides is 1. The van der Waals surface area contributed by atoms with Crippen molar-refractivity contribution in [2.24, 2.45) is 0 Å². The second kappa shape index (κ2) is 9.37. The number of hydrogen-bond donors (Lipinski definition) is 1. The molecule has 0 saturated heterocycles. The van der Waals surface area contributed by atoms with E-state index < -0.39 is 11.9 Å². The van der Waals surface area contributed by atoms with E-state index in [0.29, 0.717) is 10.9 Å². The van der Waals surface area contributed by atoms with Gasteiger partial charge in [0.2, 0.25) is 5.16 Å². The predicted molar refractivity (Wildman–Crippen MR) is 106 cm³/mol. The van der Waals surface area contributed by atoms with Crippen LogP contribution in [0.1, 0.15) is 29.9 Å². The van der Waals surface area contributed by atoms with E-state index in [1.54, 1.807) is 23.7 Å². The molecule has 10 heteroatoms. The van der Waals surface area contributed by atoms with Gasteiger partial charge in [0.25, 0.3) is 5.91 Å². The zero-order chi connectivity index (χ0) is 20.8. The summed E-state index contributed by atoms with van der Waals surface area (Å²) in [4.78, 5) is 23.9. The number of hydrogen-bond acceptors (Lipinski definition) is 8. The Kier molecular flexibility index (Phi) is 6.65. The number of aromatic nitrogens is 4. The van der Waals surface area contributed by atoms with Crippen LogP contribution in [0.3, 0.4) is 0 Å². The molecule has 0 fully saturated rings. The van der Waals surface area contributed by atoms with Crippen molar-refractivity contribution in [3.05, 3.63) is 53.5 Å². The Morgan fingerprint density at radius 3 is 2.90 bits per heavy atom. The summed E-state index contributed by atoms with van der Waals surface area (Å²) in [6, 6.07) is 9.14. The lowest BCUT2D eigenvalue weighted by atomic mass is 10.1. The quantitative estimate of drug-likeness (QED) is 0.441. The third kappa shape index (κ3) is 5.44. The molecule has 0 aliphatic carbocycles. The molecule has 9 nitrogen and oxygen atoms in total. The highest BCUT2D eigenvalue weighted by atomic mass is 32.2. The number of rotatable bonds is 8. The summed E-state index contributed by atoms with van der Waals surface area (Å²) in [6.45, 7) is 5.35. The van der Waals surface area contributed by atoms with Gasteiger partial charge in [-0.05, 0) is 60.5 Å². The second-order valence-corrected chi connectivity index (χ2v) is 7.36. The molecule has 0 spiro atoms. The Morgan fingerprint density at radius 1 is 1.31 bits per heavy atom.